The number of esters is 1. The number of aryl methyl sites for hydroxylation is 1. The number of ketones is 1. The number of cyclic esters (lactones) is 1. The maximum atomic E-state index is 12.1. The predicted molar refractivity (Wildman–Crippen MR) is 96.3 cm³/mol. The van der Waals surface area contributed by atoms with Crippen LogP contribution in [0.25, 0.3) is 0 Å². The zero-order valence-corrected chi connectivity index (χ0v) is 15.1. The molecule has 1 atom stereocenters. The van der Waals surface area contributed by atoms with E-state index in [0.717, 1.165) is 50.5 Å². The van der Waals surface area contributed by atoms with Crippen molar-refractivity contribution >= 4 is 11.8 Å². The molecule has 0 bridgehead atoms. The number of rotatable bonds is 5. The van der Waals surface area contributed by atoms with E-state index in [1.54, 1.807) is 0 Å². The summed E-state index contributed by atoms with van der Waals surface area (Å²) in [5.74, 6) is -0.0234. The lowest BCUT2D eigenvalue weighted by Gasteiger charge is -2.41. The van der Waals surface area contributed by atoms with Gasteiger partial charge in [0.15, 0.2) is 0 Å². The van der Waals surface area contributed by atoms with Crippen molar-refractivity contribution in [2.75, 3.05) is 0 Å². The van der Waals surface area contributed by atoms with Crippen LogP contribution in [-0.2, 0) is 26.2 Å². The highest BCUT2D eigenvalue weighted by Crippen LogP contribution is 2.48. The zero-order valence-electron chi connectivity index (χ0n) is 15.1. The molecule has 0 spiro atoms. The molecule has 4 rings (SSSR count). The Hall–Kier alpha value is -2.15. The monoisotopic (exact) mass is 351 g/mol. The summed E-state index contributed by atoms with van der Waals surface area (Å²) >= 11 is 0. The van der Waals surface area contributed by atoms with E-state index in [4.69, 9.17) is 4.74 Å². The van der Waals surface area contributed by atoms with Crippen molar-refractivity contribution in [2.45, 2.75) is 75.2 Å². The van der Waals surface area contributed by atoms with Crippen molar-refractivity contribution < 1.29 is 14.3 Å². The fraction of sp³-hybridized carbons (Fsp3) is 0.591. The average Bonchev–Trinajstić information content (AvgIpc) is 3.23. The molecule has 4 nitrogen and oxygen atoms in total. The largest absolute Gasteiger partial charge is 0.458 e. The molecule has 1 aromatic carbocycles. The van der Waals surface area contributed by atoms with Crippen LogP contribution in [-0.4, -0.2) is 17.4 Å². The van der Waals surface area contributed by atoms with Crippen LogP contribution < -0.4 is 0 Å². The summed E-state index contributed by atoms with van der Waals surface area (Å²) in [6.45, 7) is 0. The Balaban J connectivity index is 1.49. The van der Waals surface area contributed by atoms with Gasteiger partial charge < -0.3 is 4.74 Å². The number of nitriles is 1. The highest BCUT2D eigenvalue weighted by atomic mass is 16.6. The number of ether oxygens (including phenoxy) is 1. The van der Waals surface area contributed by atoms with E-state index in [1.165, 1.54) is 5.56 Å². The fourth-order valence-corrected chi connectivity index (χ4v) is 4.82. The van der Waals surface area contributed by atoms with Gasteiger partial charge in [-0.15, -0.1) is 0 Å². The molecule has 2 saturated carbocycles. The normalized spacial score (nSPS) is 27.8. The van der Waals surface area contributed by atoms with Gasteiger partial charge in [0.1, 0.15) is 17.8 Å². The van der Waals surface area contributed by atoms with E-state index >= 15 is 0 Å². The van der Waals surface area contributed by atoms with E-state index in [0.29, 0.717) is 18.8 Å². The zero-order chi connectivity index (χ0) is 18.2. The van der Waals surface area contributed by atoms with E-state index in [2.05, 4.69) is 30.3 Å². The van der Waals surface area contributed by atoms with Gasteiger partial charge in [0, 0.05) is 6.42 Å². The molecule has 3 aliphatic rings. The van der Waals surface area contributed by atoms with Crippen LogP contribution in [0.2, 0.25) is 0 Å². The molecular formula is C22H25NO3. The summed E-state index contributed by atoms with van der Waals surface area (Å²) in [5, 5.41) is 9.33. The third-order valence-corrected chi connectivity index (χ3v) is 6.56. The topological polar surface area (TPSA) is 67.2 Å². The molecule has 3 fully saturated rings. The first-order valence-electron chi connectivity index (χ1n) is 9.80. The predicted octanol–water partition coefficient (Wildman–Crippen LogP) is 4.01. The Bertz CT molecular complexity index is 733. The summed E-state index contributed by atoms with van der Waals surface area (Å²) in [6, 6.07) is 10.7. The molecule has 26 heavy (non-hydrogen) atoms. The van der Waals surface area contributed by atoms with Crippen molar-refractivity contribution in [3.63, 3.8) is 0 Å². The number of carbonyl (C=O) groups is 2. The van der Waals surface area contributed by atoms with E-state index in [-0.39, 0.29) is 23.6 Å². The van der Waals surface area contributed by atoms with Crippen LogP contribution >= 0.6 is 0 Å². The molecule has 0 amide bonds. The number of Topliss-reactive ketones (excluding diaryl/α,β-unsaturated/α-hetero) is 1. The Labute approximate surface area is 154 Å². The molecule has 1 saturated heterocycles. The number of carbonyl (C=O) groups excluding carboxylic acids is 2. The molecular weight excluding hydrogens is 326 g/mol. The maximum Gasteiger partial charge on any atom is 0.313 e. The average molecular weight is 351 g/mol. The number of hydrogen-bond donors (Lipinski definition) is 0. The maximum absolute atomic E-state index is 12.1. The molecule has 0 N–H and O–H groups in total. The lowest BCUT2D eigenvalue weighted by atomic mass is 9.76. The number of nitrogens with zero attached hydrogens (tertiary/aromatic N) is 1. The van der Waals surface area contributed by atoms with Gasteiger partial charge in [0.2, 0.25) is 0 Å². The molecule has 2 aliphatic carbocycles. The van der Waals surface area contributed by atoms with E-state index in [1.807, 2.05) is 0 Å². The minimum Gasteiger partial charge on any atom is -0.458 e. The Kier molecular flexibility index (Phi) is 4.34. The highest BCUT2D eigenvalue weighted by Gasteiger charge is 2.48. The summed E-state index contributed by atoms with van der Waals surface area (Å²) < 4.78 is 5.85. The van der Waals surface area contributed by atoms with Gasteiger partial charge in [-0.2, -0.15) is 5.26 Å². The second kappa shape index (κ2) is 6.54. The standard InChI is InChI=1S/C22H25NO3/c23-15-21(11-12-21)17-7-5-16(6-8-17)9-10-22(18-3-1-2-4-18)14-19(24)13-20(25)26-22/h5-8,18H,1-4,9-14H2. The molecule has 136 valence electrons. The number of benzene rings is 1. The van der Waals surface area contributed by atoms with Crippen molar-refractivity contribution in [2.24, 2.45) is 5.92 Å². The lowest BCUT2D eigenvalue weighted by Crippen LogP contribution is -2.48. The van der Waals surface area contributed by atoms with Gasteiger partial charge in [0.25, 0.3) is 0 Å². The first-order chi connectivity index (χ1) is 12.6. The van der Waals surface area contributed by atoms with Crippen LogP contribution in [0, 0.1) is 17.2 Å². The summed E-state index contributed by atoms with van der Waals surface area (Å²) in [5.41, 5.74) is 1.42. The van der Waals surface area contributed by atoms with Gasteiger partial charge >= 0.3 is 5.97 Å². The molecule has 1 heterocycles. The molecule has 1 aliphatic heterocycles. The van der Waals surface area contributed by atoms with Crippen LogP contribution in [0.5, 0.6) is 0 Å². The van der Waals surface area contributed by atoms with Crippen molar-refractivity contribution in [1.82, 2.24) is 0 Å². The van der Waals surface area contributed by atoms with E-state index < -0.39 is 5.60 Å². The molecule has 4 heteroatoms. The first-order valence-corrected chi connectivity index (χ1v) is 9.80. The molecule has 1 unspecified atom stereocenters. The summed E-state index contributed by atoms with van der Waals surface area (Å²) in [4.78, 5) is 24.1. The van der Waals surface area contributed by atoms with Crippen LogP contribution in [0.4, 0.5) is 0 Å². The molecule has 0 aromatic heterocycles. The third kappa shape index (κ3) is 3.16. The number of hydrogen-bond acceptors (Lipinski definition) is 4. The van der Waals surface area contributed by atoms with Gasteiger partial charge in [-0.3, -0.25) is 9.59 Å². The fourth-order valence-electron chi connectivity index (χ4n) is 4.82. The minimum absolute atomic E-state index is 0.0215. The quantitative estimate of drug-likeness (QED) is 0.594. The molecule has 1 aromatic rings. The van der Waals surface area contributed by atoms with Gasteiger partial charge in [-0.25, -0.2) is 0 Å². The Morgan fingerprint density at radius 3 is 2.38 bits per heavy atom. The van der Waals surface area contributed by atoms with Crippen LogP contribution in [0.3, 0.4) is 0 Å². The Morgan fingerprint density at radius 1 is 1.12 bits per heavy atom. The first kappa shape index (κ1) is 17.3. The van der Waals surface area contributed by atoms with Crippen molar-refractivity contribution in [3.05, 3.63) is 35.4 Å². The summed E-state index contributed by atoms with van der Waals surface area (Å²) in [7, 11) is 0. The second-order valence-electron chi connectivity index (χ2n) is 8.30. The van der Waals surface area contributed by atoms with Gasteiger partial charge in [-0.05, 0) is 55.6 Å². The Morgan fingerprint density at radius 2 is 1.81 bits per heavy atom. The van der Waals surface area contributed by atoms with Gasteiger partial charge in [0.05, 0.1) is 11.5 Å². The van der Waals surface area contributed by atoms with Crippen molar-refractivity contribution in [3.8, 4) is 6.07 Å². The third-order valence-electron chi connectivity index (χ3n) is 6.56. The molecule has 0 radical (unpaired) electrons. The minimum atomic E-state index is -0.605. The van der Waals surface area contributed by atoms with E-state index in [9.17, 15) is 14.9 Å². The van der Waals surface area contributed by atoms with Crippen molar-refractivity contribution in [1.29, 1.82) is 5.26 Å². The highest BCUT2D eigenvalue weighted by molar-refractivity contribution is 5.98. The lowest BCUT2D eigenvalue weighted by molar-refractivity contribution is -0.178. The van der Waals surface area contributed by atoms with Crippen LogP contribution in [0.15, 0.2) is 24.3 Å². The smallest absolute Gasteiger partial charge is 0.313 e. The SMILES string of the molecule is N#CC1(c2ccc(CCC3(C4CCCC4)CC(=O)CC(=O)O3)cc2)CC1. The summed E-state index contributed by atoms with van der Waals surface area (Å²) in [6.07, 6.45) is 8.10. The second-order valence-corrected chi connectivity index (χ2v) is 8.30. The van der Waals surface area contributed by atoms with Crippen LogP contribution in [0.1, 0.15) is 68.9 Å². The van der Waals surface area contributed by atoms with Gasteiger partial charge in [-0.1, -0.05) is 37.1 Å².